The van der Waals surface area contributed by atoms with E-state index in [0.717, 1.165) is 12.5 Å². The SMILES string of the molecule is CC1CCN(C[C@H](C)Cl)C1. The zero-order chi connectivity index (χ0) is 7.56. The van der Waals surface area contributed by atoms with E-state index in [1.165, 1.54) is 19.5 Å². The summed E-state index contributed by atoms with van der Waals surface area (Å²) in [5, 5.41) is 0.310. The quantitative estimate of drug-likeness (QED) is 0.560. The van der Waals surface area contributed by atoms with Crippen LogP contribution in [0.3, 0.4) is 0 Å². The Morgan fingerprint density at radius 1 is 1.70 bits per heavy atom. The highest BCUT2D eigenvalue weighted by molar-refractivity contribution is 6.20. The molecule has 1 heterocycles. The van der Waals surface area contributed by atoms with Gasteiger partial charge in [-0.25, -0.2) is 0 Å². The zero-order valence-electron chi connectivity index (χ0n) is 6.81. The molecule has 1 fully saturated rings. The maximum atomic E-state index is 5.86. The Balaban J connectivity index is 2.18. The molecule has 2 atom stereocenters. The van der Waals surface area contributed by atoms with Gasteiger partial charge in [-0.1, -0.05) is 6.92 Å². The number of hydrogen-bond donors (Lipinski definition) is 0. The van der Waals surface area contributed by atoms with Crippen LogP contribution in [0.4, 0.5) is 0 Å². The Morgan fingerprint density at radius 2 is 2.40 bits per heavy atom. The van der Waals surface area contributed by atoms with Crippen LogP contribution in [0.25, 0.3) is 0 Å². The van der Waals surface area contributed by atoms with E-state index < -0.39 is 0 Å². The van der Waals surface area contributed by atoms with Gasteiger partial charge in [0, 0.05) is 18.5 Å². The molecule has 1 unspecified atom stereocenters. The predicted molar refractivity (Wildman–Crippen MR) is 45.5 cm³/mol. The molecular weight excluding hydrogens is 146 g/mol. The van der Waals surface area contributed by atoms with Gasteiger partial charge in [-0.15, -0.1) is 11.6 Å². The van der Waals surface area contributed by atoms with Gasteiger partial charge in [0.05, 0.1) is 0 Å². The van der Waals surface area contributed by atoms with Crippen LogP contribution in [0.15, 0.2) is 0 Å². The Labute approximate surface area is 68.4 Å². The van der Waals surface area contributed by atoms with Crippen LogP contribution in [0.5, 0.6) is 0 Å². The fraction of sp³-hybridized carbons (Fsp3) is 1.00. The van der Waals surface area contributed by atoms with Gasteiger partial charge in [0.15, 0.2) is 0 Å². The third-order valence-electron chi connectivity index (χ3n) is 2.02. The number of hydrogen-bond acceptors (Lipinski definition) is 1. The number of nitrogens with zero attached hydrogens (tertiary/aromatic N) is 1. The van der Waals surface area contributed by atoms with Crippen molar-refractivity contribution in [3.63, 3.8) is 0 Å². The average Bonchev–Trinajstić information content (AvgIpc) is 2.13. The molecular formula is C8H16ClN. The molecule has 0 aliphatic carbocycles. The van der Waals surface area contributed by atoms with Crippen molar-refractivity contribution in [1.82, 2.24) is 4.90 Å². The summed E-state index contributed by atoms with van der Waals surface area (Å²) in [7, 11) is 0. The van der Waals surface area contributed by atoms with Crippen molar-refractivity contribution in [2.24, 2.45) is 5.92 Å². The summed E-state index contributed by atoms with van der Waals surface area (Å²) in [5.74, 6) is 0.885. The first-order chi connectivity index (χ1) is 4.68. The van der Waals surface area contributed by atoms with Crippen molar-refractivity contribution < 1.29 is 0 Å². The van der Waals surface area contributed by atoms with E-state index in [1.54, 1.807) is 0 Å². The molecule has 0 radical (unpaired) electrons. The molecule has 60 valence electrons. The summed E-state index contributed by atoms with van der Waals surface area (Å²) in [6.07, 6.45) is 1.35. The van der Waals surface area contributed by atoms with Gasteiger partial charge in [0.1, 0.15) is 0 Å². The number of rotatable bonds is 2. The topological polar surface area (TPSA) is 3.24 Å². The van der Waals surface area contributed by atoms with E-state index in [-0.39, 0.29) is 0 Å². The minimum atomic E-state index is 0.310. The van der Waals surface area contributed by atoms with Crippen molar-refractivity contribution in [2.45, 2.75) is 25.6 Å². The lowest BCUT2D eigenvalue weighted by Crippen LogP contribution is -2.26. The molecule has 0 saturated carbocycles. The van der Waals surface area contributed by atoms with Gasteiger partial charge in [-0.2, -0.15) is 0 Å². The fourth-order valence-electron chi connectivity index (χ4n) is 1.55. The molecule has 10 heavy (non-hydrogen) atoms. The molecule has 1 rings (SSSR count). The van der Waals surface area contributed by atoms with Crippen LogP contribution in [-0.2, 0) is 0 Å². The van der Waals surface area contributed by atoms with Crippen molar-refractivity contribution in [3.05, 3.63) is 0 Å². The van der Waals surface area contributed by atoms with Crippen molar-refractivity contribution in [2.75, 3.05) is 19.6 Å². The van der Waals surface area contributed by atoms with Gasteiger partial charge >= 0.3 is 0 Å². The summed E-state index contributed by atoms with van der Waals surface area (Å²) in [4.78, 5) is 2.45. The van der Waals surface area contributed by atoms with E-state index in [1.807, 2.05) is 0 Å². The van der Waals surface area contributed by atoms with Gasteiger partial charge in [-0.3, -0.25) is 0 Å². The van der Waals surface area contributed by atoms with Crippen LogP contribution in [0.1, 0.15) is 20.3 Å². The highest BCUT2D eigenvalue weighted by Crippen LogP contribution is 2.15. The van der Waals surface area contributed by atoms with Gasteiger partial charge < -0.3 is 4.90 Å². The third-order valence-corrected chi connectivity index (χ3v) is 2.16. The molecule has 1 saturated heterocycles. The predicted octanol–water partition coefficient (Wildman–Crippen LogP) is 1.96. The lowest BCUT2D eigenvalue weighted by molar-refractivity contribution is 0.331. The highest BCUT2D eigenvalue weighted by Gasteiger charge is 2.18. The molecule has 0 spiro atoms. The molecule has 0 aromatic rings. The second-order valence-electron chi connectivity index (χ2n) is 3.43. The first-order valence-corrected chi connectivity index (χ1v) is 4.48. The van der Waals surface area contributed by atoms with Crippen molar-refractivity contribution >= 4 is 11.6 Å². The van der Waals surface area contributed by atoms with Crippen LogP contribution < -0.4 is 0 Å². The molecule has 1 nitrogen and oxygen atoms in total. The van der Waals surface area contributed by atoms with E-state index >= 15 is 0 Å². The van der Waals surface area contributed by atoms with Crippen molar-refractivity contribution in [1.29, 1.82) is 0 Å². The van der Waals surface area contributed by atoms with Crippen LogP contribution in [0, 0.1) is 5.92 Å². The number of alkyl halides is 1. The Hall–Kier alpha value is 0.250. The molecule has 2 heteroatoms. The summed E-state index contributed by atoms with van der Waals surface area (Å²) < 4.78 is 0. The zero-order valence-corrected chi connectivity index (χ0v) is 7.56. The average molecular weight is 162 g/mol. The summed E-state index contributed by atoms with van der Waals surface area (Å²) in [6.45, 7) is 7.92. The first kappa shape index (κ1) is 8.35. The van der Waals surface area contributed by atoms with Crippen LogP contribution in [0.2, 0.25) is 0 Å². The van der Waals surface area contributed by atoms with E-state index in [0.29, 0.717) is 5.38 Å². The maximum absolute atomic E-state index is 5.86. The Morgan fingerprint density at radius 3 is 2.80 bits per heavy atom. The lowest BCUT2D eigenvalue weighted by atomic mass is 10.2. The highest BCUT2D eigenvalue weighted by atomic mass is 35.5. The molecule has 0 amide bonds. The molecule has 1 aliphatic heterocycles. The van der Waals surface area contributed by atoms with E-state index in [9.17, 15) is 0 Å². The fourth-order valence-corrected chi connectivity index (χ4v) is 1.74. The molecule has 0 aromatic carbocycles. The largest absolute Gasteiger partial charge is 0.302 e. The molecule has 0 bridgehead atoms. The van der Waals surface area contributed by atoms with Crippen LogP contribution in [-0.4, -0.2) is 29.9 Å². The summed E-state index contributed by atoms with van der Waals surface area (Å²) in [6, 6.07) is 0. The van der Waals surface area contributed by atoms with E-state index in [2.05, 4.69) is 18.7 Å². The molecule has 0 aromatic heterocycles. The second kappa shape index (κ2) is 3.59. The smallest absolute Gasteiger partial charge is 0.0435 e. The number of likely N-dealkylation sites (tertiary alicyclic amines) is 1. The molecule has 0 N–H and O–H groups in total. The normalized spacial score (nSPS) is 30.9. The Kier molecular flexibility index (Phi) is 2.99. The Bertz CT molecular complexity index is 103. The van der Waals surface area contributed by atoms with Gasteiger partial charge in [0.2, 0.25) is 0 Å². The van der Waals surface area contributed by atoms with Crippen LogP contribution >= 0.6 is 11.6 Å². The van der Waals surface area contributed by atoms with Gasteiger partial charge in [0.25, 0.3) is 0 Å². The lowest BCUT2D eigenvalue weighted by Gasteiger charge is -2.15. The second-order valence-corrected chi connectivity index (χ2v) is 4.18. The van der Waals surface area contributed by atoms with Crippen molar-refractivity contribution in [3.8, 4) is 0 Å². The first-order valence-electron chi connectivity index (χ1n) is 4.05. The minimum Gasteiger partial charge on any atom is -0.302 e. The molecule has 1 aliphatic rings. The third kappa shape index (κ3) is 2.47. The standard InChI is InChI=1S/C8H16ClN/c1-7-3-4-10(5-7)6-8(2)9/h7-8H,3-6H2,1-2H3/t7?,8-/m0/s1. The van der Waals surface area contributed by atoms with Gasteiger partial charge in [-0.05, 0) is 25.8 Å². The number of halogens is 1. The monoisotopic (exact) mass is 161 g/mol. The maximum Gasteiger partial charge on any atom is 0.0435 e. The summed E-state index contributed by atoms with van der Waals surface area (Å²) >= 11 is 5.86. The minimum absolute atomic E-state index is 0.310. The van der Waals surface area contributed by atoms with E-state index in [4.69, 9.17) is 11.6 Å². The summed E-state index contributed by atoms with van der Waals surface area (Å²) in [5.41, 5.74) is 0.